The Bertz CT molecular complexity index is 318. The molecular formula is C14H24N2O2S. The zero-order chi connectivity index (χ0) is 13.8. The minimum absolute atomic E-state index is 0.0765. The fourth-order valence-corrected chi connectivity index (χ4v) is 4.04. The molecule has 108 valence electrons. The number of nitrogens with zero attached hydrogens (tertiary/aromatic N) is 2. The molecule has 5 heteroatoms. The molecule has 2 aliphatic rings. The second-order valence-electron chi connectivity index (χ2n) is 5.37. The summed E-state index contributed by atoms with van der Waals surface area (Å²) >= 11 is 1.70. The lowest BCUT2D eigenvalue weighted by molar-refractivity contribution is -0.145. The zero-order valence-electron chi connectivity index (χ0n) is 11.9. The summed E-state index contributed by atoms with van der Waals surface area (Å²) in [5.74, 6) is 1.86. The average Bonchev–Trinajstić information content (AvgIpc) is 3.10. The summed E-state index contributed by atoms with van der Waals surface area (Å²) in [6, 6.07) is -0.212. The SMILES string of the molecule is CCC(CC)C(=O)N1CSCC1C(=O)N1CCCC1. The molecule has 1 unspecified atom stereocenters. The molecule has 1 atom stereocenters. The van der Waals surface area contributed by atoms with Gasteiger partial charge in [-0.2, -0.15) is 0 Å². The van der Waals surface area contributed by atoms with Gasteiger partial charge in [0.25, 0.3) is 0 Å². The molecule has 0 spiro atoms. The highest BCUT2D eigenvalue weighted by molar-refractivity contribution is 7.99. The standard InChI is InChI=1S/C14H24N2O2S/c1-3-11(4-2)13(17)16-10-19-9-12(16)14(18)15-7-5-6-8-15/h11-12H,3-10H2,1-2H3. The second kappa shape index (κ2) is 6.64. The summed E-state index contributed by atoms with van der Waals surface area (Å²) in [5, 5.41) is 0. The maximum Gasteiger partial charge on any atom is 0.246 e. The summed E-state index contributed by atoms with van der Waals surface area (Å²) in [6.07, 6.45) is 3.93. The Labute approximate surface area is 119 Å². The van der Waals surface area contributed by atoms with Gasteiger partial charge in [-0.05, 0) is 25.7 Å². The Morgan fingerprint density at radius 2 is 1.84 bits per heavy atom. The van der Waals surface area contributed by atoms with Crippen molar-refractivity contribution in [1.29, 1.82) is 0 Å². The quantitative estimate of drug-likeness (QED) is 0.792. The summed E-state index contributed by atoms with van der Waals surface area (Å²) in [6.45, 7) is 5.83. The zero-order valence-corrected chi connectivity index (χ0v) is 12.7. The van der Waals surface area contributed by atoms with Crippen LogP contribution in [0, 0.1) is 5.92 Å². The first-order chi connectivity index (χ1) is 9.19. The fourth-order valence-electron chi connectivity index (χ4n) is 2.89. The Hall–Kier alpha value is -0.710. The van der Waals surface area contributed by atoms with Gasteiger partial charge in [-0.1, -0.05) is 13.8 Å². The number of rotatable bonds is 4. The van der Waals surface area contributed by atoms with E-state index in [4.69, 9.17) is 0 Å². The lowest BCUT2D eigenvalue weighted by Crippen LogP contribution is -2.49. The van der Waals surface area contributed by atoms with Gasteiger partial charge in [-0.25, -0.2) is 0 Å². The number of thioether (sulfide) groups is 1. The predicted octanol–water partition coefficient (Wildman–Crippen LogP) is 1.95. The second-order valence-corrected chi connectivity index (χ2v) is 6.37. The van der Waals surface area contributed by atoms with Gasteiger partial charge in [-0.3, -0.25) is 9.59 Å². The number of likely N-dealkylation sites (tertiary alicyclic amines) is 1. The summed E-state index contributed by atoms with van der Waals surface area (Å²) in [4.78, 5) is 28.7. The fraction of sp³-hybridized carbons (Fsp3) is 0.857. The molecule has 0 N–H and O–H groups in total. The van der Waals surface area contributed by atoms with Gasteiger partial charge < -0.3 is 9.80 Å². The van der Waals surface area contributed by atoms with E-state index in [2.05, 4.69) is 0 Å². The van der Waals surface area contributed by atoms with E-state index < -0.39 is 0 Å². The van der Waals surface area contributed by atoms with Gasteiger partial charge >= 0.3 is 0 Å². The van der Waals surface area contributed by atoms with E-state index in [9.17, 15) is 9.59 Å². The summed E-state index contributed by atoms with van der Waals surface area (Å²) in [7, 11) is 0. The van der Waals surface area contributed by atoms with Crippen LogP contribution in [-0.2, 0) is 9.59 Å². The van der Waals surface area contributed by atoms with Crippen LogP contribution in [0.25, 0.3) is 0 Å². The van der Waals surface area contributed by atoms with E-state index in [1.807, 2.05) is 23.6 Å². The molecule has 2 fully saturated rings. The van der Waals surface area contributed by atoms with Crippen LogP contribution in [0.1, 0.15) is 39.5 Å². The number of carbonyl (C=O) groups is 2. The molecule has 0 aromatic carbocycles. The van der Waals surface area contributed by atoms with Crippen molar-refractivity contribution < 1.29 is 9.59 Å². The van der Waals surface area contributed by atoms with Gasteiger partial charge in [-0.15, -0.1) is 11.8 Å². The number of hydrogen-bond acceptors (Lipinski definition) is 3. The van der Waals surface area contributed by atoms with Crippen LogP contribution in [0.5, 0.6) is 0 Å². The van der Waals surface area contributed by atoms with Gasteiger partial charge in [0.2, 0.25) is 11.8 Å². The molecule has 0 aromatic heterocycles. The van der Waals surface area contributed by atoms with Crippen molar-refractivity contribution in [2.24, 2.45) is 5.92 Å². The van der Waals surface area contributed by atoms with Gasteiger partial charge in [0.1, 0.15) is 6.04 Å². The van der Waals surface area contributed by atoms with Crippen molar-refractivity contribution in [3.63, 3.8) is 0 Å². The summed E-state index contributed by atoms with van der Waals surface area (Å²) in [5.41, 5.74) is 0. The van der Waals surface area contributed by atoms with Gasteiger partial charge in [0.05, 0.1) is 5.88 Å². The third-order valence-electron chi connectivity index (χ3n) is 4.20. The predicted molar refractivity (Wildman–Crippen MR) is 77.8 cm³/mol. The molecule has 0 aromatic rings. The highest BCUT2D eigenvalue weighted by Gasteiger charge is 2.39. The van der Waals surface area contributed by atoms with Crippen LogP contribution < -0.4 is 0 Å². The molecule has 2 amide bonds. The van der Waals surface area contributed by atoms with Crippen LogP contribution in [0.2, 0.25) is 0 Å². The first-order valence-corrected chi connectivity index (χ1v) is 8.51. The van der Waals surface area contributed by atoms with Crippen molar-refractivity contribution in [1.82, 2.24) is 9.80 Å². The minimum atomic E-state index is -0.212. The van der Waals surface area contributed by atoms with E-state index in [0.29, 0.717) is 5.88 Å². The van der Waals surface area contributed by atoms with Crippen LogP contribution in [-0.4, -0.2) is 52.4 Å². The maximum absolute atomic E-state index is 12.5. The Morgan fingerprint density at radius 1 is 1.21 bits per heavy atom. The number of amides is 2. The van der Waals surface area contributed by atoms with Gasteiger partial charge in [0, 0.05) is 24.8 Å². The van der Waals surface area contributed by atoms with Crippen molar-refractivity contribution in [2.75, 3.05) is 24.7 Å². The lowest BCUT2D eigenvalue weighted by Gasteiger charge is -2.29. The summed E-state index contributed by atoms with van der Waals surface area (Å²) < 4.78 is 0. The largest absolute Gasteiger partial charge is 0.341 e. The maximum atomic E-state index is 12.5. The Balaban J connectivity index is 2.03. The van der Waals surface area contributed by atoms with Gasteiger partial charge in [0.15, 0.2) is 0 Å². The Morgan fingerprint density at radius 3 is 2.42 bits per heavy atom. The molecule has 0 aliphatic carbocycles. The molecule has 0 saturated carbocycles. The van der Waals surface area contributed by atoms with E-state index in [-0.39, 0.29) is 23.8 Å². The van der Waals surface area contributed by atoms with Crippen LogP contribution >= 0.6 is 11.8 Å². The smallest absolute Gasteiger partial charge is 0.246 e. The van der Waals surface area contributed by atoms with Crippen molar-refractivity contribution >= 4 is 23.6 Å². The van der Waals surface area contributed by atoms with Crippen molar-refractivity contribution in [3.8, 4) is 0 Å². The lowest BCUT2D eigenvalue weighted by atomic mass is 10.0. The first-order valence-electron chi connectivity index (χ1n) is 7.36. The normalized spacial score (nSPS) is 23.4. The monoisotopic (exact) mass is 284 g/mol. The van der Waals surface area contributed by atoms with Crippen molar-refractivity contribution in [3.05, 3.63) is 0 Å². The third kappa shape index (κ3) is 3.07. The van der Waals surface area contributed by atoms with Crippen LogP contribution in [0.3, 0.4) is 0 Å². The highest BCUT2D eigenvalue weighted by Crippen LogP contribution is 2.27. The molecule has 2 heterocycles. The molecular weight excluding hydrogens is 260 g/mol. The molecule has 4 nitrogen and oxygen atoms in total. The van der Waals surface area contributed by atoms with E-state index in [1.165, 1.54) is 0 Å². The van der Waals surface area contributed by atoms with Crippen LogP contribution in [0.15, 0.2) is 0 Å². The van der Waals surface area contributed by atoms with E-state index >= 15 is 0 Å². The minimum Gasteiger partial charge on any atom is -0.341 e. The number of carbonyl (C=O) groups excluding carboxylic acids is 2. The molecule has 0 radical (unpaired) electrons. The third-order valence-corrected chi connectivity index (χ3v) is 5.22. The van der Waals surface area contributed by atoms with Crippen LogP contribution in [0.4, 0.5) is 0 Å². The molecule has 2 aliphatic heterocycles. The molecule has 19 heavy (non-hydrogen) atoms. The first kappa shape index (κ1) is 14.7. The molecule has 2 saturated heterocycles. The molecule has 2 rings (SSSR count). The highest BCUT2D eigenvalue weighted by atomic mass is 32.2. The Kier molecular flexibility index (Phi) is 5.13. The van der Waals surface area contributed by atoms with E-state index in [1.54, 1.807) is 11.8 Å². The number of hydrogen-bond donors (Lipinski definition) is 0. The average molecular weight is 284 g/mol. The van der Waals surface area contributed by atoms with E-state index in [0.717, 1.165) is 44.5 Å². The molecule has 0 bridgehead atoms. The van der Waals surface area contributed by atoms with Crippen molar-refractivity contribution in [2.45, 2.75) is 45.6 Å². The topological polar surface area (TPSA) is 40.6 Å².